The van der Waals surface area contributed by atoms with Crippen LogP contribution in [0.1, 0.15) is 33.9 Å². The fourth-order valence-corrected chi connectivity index (χ4v) is 4.17. The van der Waals surface area contributed by atoms with E-state index in [2.05, 4.69) is 4.98 Å². The summed E-state index contributed by atoms with van der Waals surface area (Å²) in [6, 6.07) is 13.2. The quantitative estimate of drug-likeness (QED) is 0.343. The van der Waals surface area contributed by atoms with Gasteiger partial charge in [0.05, 0.1) is 11.3 Å². The zero-order chi connectivity index (χ0) is 18.6. The number of aromatic nitrogens is 1. The molecule has 3 aromatic rings. The average Bonchev–Trinajstić information content (AvgIpc) is 2.86. The monoisotopic (exact) mass is 393 g/mol. The molecule has 0 saturated heterocycles. The molecular formula is C20H12Cl2F3N. The van der Waals surface area contributed by atoms with E-state index in [1.165, 1.54) is 0 Å². The number of rotatable bonds is 1. The van der Waals surface area contributed by atoms with Crippen LogP contribution in [0.5, 0.6) is 0 Å². The van der Waals surface area contributed by atoms with Crippen molar-refractivity contribution < 1.29 is 13.2 Å². The molecular weight excluding hydrogens is 382 g/mol. The third-order valence-corrected chi connectivity index (χ3v) is 4.96. The Morgan fingerprint density at radius 3 is 2.27 bits per heavy atom. The molecule has 0 N–H and O–H groups in total. The Morgan fingerprint density at radius 2 is 1.62 bits per heavy atom. The molecule has 0 radical (unpaired) electrons. The van der Waals surface area contributed by atoms with Crippen molar-refractivity contribution in [3.63, 3.8) is 0 Å². The highest BCUT2D eigenvalue weighted by Crippen LogP contribution is 2.52. The van der Waals surface area contributed by atoms with E-state index in [0.29, 0.717) is 32.6 Å². The first kappa shape index (κ1) is 17.4. The molecule has 1 heterocycles. The first-order valence-electron chi connectivity index (χ1n) is 7.89. The maximum atomic E-state index is 13.8. The Kier molecular flexibility index (Phi) is 4.01. The molecule has 1 aliphatic rings. The molecule has 1 unspecified atom stereocenters. The van der Waals surface area contributed by atoms with Gasteiger partial charge in [0.2, 0.25) is 0 Å². The van der Waals surface area contributed by atoms with Crippen molar-refractivity contribution in [1.29, 1.82) is 0 Å². The molecule has 4 rings (SSSR count). The molecule has 6 heteroatoms. The lowest BCUT2D eigenvalue weighted by Crippen LogP contribution is -2.13. The van der Waals surface area contributed by atoms with Crippen LogP contribution in [0, 0.1) is 6.92 Å². The van der Waals surface area contributed by atoms with Crippen LogP contribution in [-0.2, 0) is 6.18 Å². The topological polar surface area (TPSA) is 12.9 Å². The van der Waals surface area contributed by atoms with Crippen molar-refractivity contribution in [1.82, 2.24) is 4.98 Å². The number of benzene rings is 2. The summed E-state index contributed by atoms with van der Waals surface area (Å²) in [7, 11) is 0. The van der Waals surface area contributed by atoms with Gasteiger partial charge in [-0.2, -0.15) is 13.2 Å². The molecule has 0 spiro atoms. The van der Waals surface area contributed by atoms with Gasteiger partial charge in [0.1, 0.15) is 0 Å². The Labute approximate surface area is 158 Å². The summed E-state index contributed by atoms with van der Waals surface area (Å²) in [6.07, 6.45) is -4.49. The lowest BCUT2D eigenvalue weighted by molar-refractivity contribution is -0.138. The highest BCUT2D eigenvalue weighted by atomic mass is 35.5. The Bertz CT molecular complexity index is 1010. The molecule has 1 atom stereocenters. The number of alkyl halides is 3. The minimum Gasteiger partial charge on any atom is -0.253 e. The third kappa shape index (κ3) is 2.78. The van der Waals surface area contributed by atoms with E-state index >= 15 is 0 Å². The van der Waals surface area contributed by atoms with Crippen LogP contribution < -0.4 is 0 Å². The summed E-state index contributed by atoms with van der Waals surface area (Å²) in [5.41, 5.74) is 2.27. The van der Waals surface area contributed by atoms with Gasteiger partial charge in [0.25, 0.3) is 0 Å². The normalized spacial score (nSPS) is 15.7. The summed E-state index contributed by atoms with van der Waals surface area (Å²) in [5.74, 6) is -0.623. The van der Waals surface area contributed by atoms with E-state index in [9.17, 15) is 13.2 Å². The maximum absolute atomic E-state index is 13.8. The van der Waals surface area contributed by atoms with E-state index in [1.54, 1.807) is 37.3 Å². The van der Waals surface area contributed by atoms with Gasteiger partial charge >= 0.3 is 6.18 Å². The standard InChI is InChI=1S/C20H12Cl2F3N/c1-10-6-16(20(23,24)25)18-17(11-7-12(21)9-13(22)8-11)14-4-2-3-5-15(14)19(18)26-10/h2-9,17H,1H3. The Morgan fingerprint density at radius 1 is 0.962 bits per heavy atom. The fraction of sp³-hybridized carbons (Fsp3) is 0.150. The van der Waals surface area contributed by atoms with Gasteiger partial charge in [-0.1, -0.05) is 47.5 Å². The largest absolute Gasteiger partial charge is 0.416 e. The molecule has 0 saturated carbocycles. The van der Waals surface area contributed by atoms with Crippen LogP contribution in [0.4, 0.5) is 13.2 Å². The first-order valence-corrected chi connectivity index (χ1v) is 8.65. The van der Waals surface area contributed by atoms with Gasteiger partial charge in [0.15, 0.2) is 0 Å². The van der Waals surface area contributed by atoms with Gasteiger partial charge in [-0.05, 0) is 42.3 Å². The molecule has 2 aromatic carbocycles. The van der Waals surface area contributed by atoms with E-state index in [0.717, 1.165) is 11.6 Å². The third-order valence-electron chi connectivity index (χ3n) is 4.53. The number of fused-ring (bicyclic) bond motifs is 3. The van der Waals surface area contributed by atoms with Crippen LogP contribution in [-0.4, -0.2) is 4.98 Å². The molecule has 1 nitrogen and oxygen atoms in total. The summed E-state index contributed by atoms with van der Waals surface area (Å²) in [6.45, 7) is 1.57. The number of hydrogen-bond acceptors (Lipinski definition) is 1. The SMILES string of the molecule is Cc1cc(C(F)(F)F)c2c(n1)-c1ccccc1C2c1cc(Cl)cc(Cl)c1. The summed E-state index contributed by atoms with van der Waals surface area (Å²) in [5, 5.41) is 0.763. The lowest BCUT2D eigenvalue weighted by Gasteiger charge is -2.20. The number of halogens is 5. The maximum Gasteiger partial charge on any atom is 0.416 e. The number of hydrogen-bond donors (Lipinski definition) is 0. The molecule has 132 valence electrons. The Balaban J connectivity index is 2.09. The van der Waals surface area contributed by atoms with Gasteiger partial charge < -0.3 is 0 Å². The van der Waals surface area contributed by atoms with Gasteiger partial charge in [-0.3, -0.25) is 4.98 Å². The second-order valence-corrected chi connectivity index (χ2v) is 7.17. The number of pyridine rings is 1. The van der Waals surface area contributed by atoms with Crippen LogP contribution in [0.2, 0.25) is 10.0 Å². The minimum atomic E-state index is -4.49. The van der Waals surface area contributed by atoms with Crippen molar-refractivity contribution >= 4 is 23.2 Å². The van der Waals surface area contributed by atoms with Crippen molar-refractivity contribution in [2.45, 2.75) is 19.0 Å². The van der Waals surface area contributed by atoms with Crippen LogP contribution >= 0.6 is 23.2 Å². The second kappa shape index (κ2) is 6.00. The van der Waals surface area contributed by atoms with Crippen molar-refractivity contribution in [3.05, 3.63) is 86.5 Å². The highest BCUT2D eigenvalue weighted by Gasteiger charge is 2.42. The number of aryl methyl sites for hydroxylation is 1. The van der Waals surface area contributed by atoms with Crippen molar-refractivity contribution in [2.75, 3.05) is 0 Å². The van der Waals surface area contributed by atoms with Gasteiger partial charge in [-0.15, -0.1) is 0 Å². The zero-order valence-corrected chi connectivity index (χ0v) is 15.0. The molecule has 0 amide bonds. The van der Waals surface area contributed by atoms with Crippen LogP contribution in [0.25, 0.3) is 11.3 Å². The second-order valence-electron chi connectivity index (χ2n) is 6.29. The first-order chi connectivity index (χ1) is 12.3. The van der Waals surface area contributed by atoms with E-state index < -0.39 is 17.7 Å². The predicted octanol–water partition coefficient (Wildman–Crippen LogP) is 6.88. The molecule has 0 fully saturated rings. The molecule has 0 bridgehead atoms. The minimum absolute atomic E-state index is 0.155. The fourth-order valence-electron chi connectivity index (χ4n) is 3.62. The number of nitrogens with zero attached hydrogens (tertiary/aromatic N) is 1. The molecule has 26 heavy (non-hydrogen) atoms. The van der Waals surface area contributed by atoms with E-state index in [1.807, 2.05) is 12.1 Å². The van der Waals surface area contributed by atoms with Crippen LogP contribution in [0.3, 0.4) is 0 Å². The smallest absolute Gasteiger partial charge is 0.253 e. The average molecular weight is 394 g/mol. The summed E-state index contributed by atoms with van der Waals surface area (Å²) < 4.78 is 41.4. The summed E-state index contributed by atoms with van der Waals surface area (Å²) >= 11 is 12.2. The van der Waals surface area contributed by atoms with Crippen LogP contribution in [0.15, 0.2) is 48.5 Å². The zero-order valence-electron chi connectivity index (χ0n) is 13.5. The van der Waals surface area contributed by atoms with Gasteiger partial charge in [0, 0.05) is 32.8 Å². The predicted molar refractivity (Wildman–Crippen MR) is 96.8 cm³/mol. The van der Waals surface area contributed by atoms with Crippen molar-refractivity contribution in [2.24, 2.45) is 0 Å². The molecule has 0 aliphatic heterocycles. The van der Waals surface area contributed by atoms with Crippen molar-refractivity contribution in [3.8, 4) is 11.3 Å². The summed E-state index contributed by atoms with van der Waals surface area (Å²) in [4.78, 5) is 4.42. The molecule has 1 aliphatic carbocycles. The van der Waals surface area contributed by atoms with E-state index in [-0.39, 0.29) is 5.56 Å². The molecule has 1 aromatic heterocycles. The highest BCUT2D eigenvalue weighted by molar-refractivity contribution is 6.34. The van der Waals surface area contributed by atoms with Gasteiger partial charge in [-0.25, -0.2) is 0 Å². The van der Waals surface area contributed by atoms with E-state index in [4.69, 9.17) is 23.2 Å². The Hall–Kier alpha value is -2.04. The lowest BCUT2D eigenvalue weighted by atomic mass is 9.87.